The molecule has 2 aromatic rings. The molecule has 0 fully saturated rings. The normalized spacial score (nSPS) is 12.0. The Kier molecular flexibility index (Phi) is 4.96. The van der Waals surface area contributed by atoms with E-state index in [2.05, 4.69) is 26.1 Å². The first kappa shape index (κ1) is 15.2. The van der Waals surface area contributed by atoms with Gasteiger partial charge in [-0.25, -0.2) is 4.98 Å². The molecule has 0 unspecified atom stereocenters. The predicted octanol–water partition coefficient (Wildman–Crippen LogP) is 3.44. The van der Waals surface area contributed by atoms with E-state index in [4.69, 9.17) is 14.1 Å². The second-order valence-corrected chi connectivity index (χ2v) is 6.77. The number of rotatable bonds is 6. The zero-order valence-corrected chi connectivity index (χ0v) is 13.3. The Morgan fingerprint density at radius 1 is 1.40 bits per heavy atom. The molecule has 0 spiro atoms. The van der Waals surface area contributed by atoms with Gasteiger partial charge in [-0.15, -0.1) is 11.3 Å². The van der Waals surface area contributed by atoms with Gasteiger partial charge in [0.1, 0.15) is 0 Å². The molecule has 0 saturated heterocycles. The standard InChI is InChI=1S/C15H22N2O2S/c1-15(2,3)13-12(10-16-7-9-18-4)20-14(17-13)11-6-5-8-19-11/h5-6,8,16H,7,9-10H2,1-4H3. The fourth-order valence-electron chi connectivity index (χ4n) is 1.94. The van der Waals surface area contributed by atoms with Gasteiger partial charge in [0, 0.05) is 30.5 Å². The monoisotopic (exact) mass is 294 g/mol. The van der Waals surface area contributed by atoms with Crippen molar-refractivity contribution in [3.8, 4) is 10.8 Å². The summed E-state index contributed by atoms with van der Waals surface area (Å²) < 4.78 is 10.5. The van der Waals surface area contributed by atoms with Crippen molar-refractivity contribution in [2.75, 3.05) is 20.3 Å². The molecule has 1 N–H and O–H groups in total. The average molecular weight is 294 g/mol. The molecule has 2 rings (SSSR count). The fourth-order valence-corrected chi connectivity index (χ4v) is 3.15. The lowest BCUT2D eigenvalue weighted by atomic mass is 9.91. The van der Waals surface area contributed by atoms with Gasteiger partial charge in [-0.1, -0.05) is 20.8 Å². The van der Waals surface area contributed by atoms with Crippen molar-refractivity contribution >= 4 is 11.3 Å². The summed E-state index contributed by atoms with van der Waals surface area (Å²) in [6.45, 7) is 8.93. The maximum absolute atomic E-state index is 5.45. The largest absolute Gasteiger partial charge is 0.462 e. The predicted molar refractivity (Wildman–Crippen MR) is 82.1 cm³/mol. The summed E-state index contributed by atoms with van der Waals surface area (Å²) in [5.41, 5.74) is 1.17. The lowest BCUT2D eigenvalue weighted by molar-refractivity contribution is 0.199. The van der Waals surface area contributed by atoms with Crippen LogP contribution in [0.25, 0.3) is 10.8 Å². The van der Waals surface area contributed by atoms with Crippen molar-refractivity contribution in [1.29, 1.82) is 0 Å². The molecule has 0 radical (unpaired) electrons. The molecular formula is C15H22N2O2S. The molecular weight excluding hydrogens is 272 g/mol. The van der Waals surface area contributed by atoms with E-state index in [9.17, 15) is 0 Å². The molecule has 20 heavy (non-hydrogen) atoms. The number of ether oxygens (including phenoxy) is 1. The highest BCUT2D eigenvalue weighted by atomic mass is 32.1. The van der Waals surface area contributed by atoms with Gasteiger partial charge in [0.2, 0.25) is 0 Å². The molecule has 0 amide bonds. The Morgan fingerprint density at radius 3 is 2.80 bits per heavy atom. The van der Waals surface area contributed by atoms with Gasteiger partial charge in [0.25, 0.3) is 0 Å². The zero-order chi connectivity index (χ0) is 14.6. The highest BCUT2D eigenvalue weighted by Crippen LogP contribution is 2.34. The molecule has 0 bridgehead atoms. The van der Waals surface area contributed by atoms with Gasteiger partial charge in [-0.2, -0.15) is 0 Å². The number of thiazole rings is 1. The molecule has 0 aliphatic heterocycles. The Balaban J connectivity index is 2.20. The molecule has 0 aromatic carbocycles. The van der Waals surface area contributed by atoms with Crippen molar-refractivity contribution in [2.24, 2.45) is 0 Å². The Hall–Kier alpha value is -1.17. The lowest BCUT2D eigenvalue weighted by Crippen LogP contribution is -2.21. The lowest BCUT2D eigenvalue weighted by Gasteiger charge is -2.17. The van der Waals surface area contributed by atoms with E-state index in [1.807, 2.05) is 12.1 Å². The van der Waals surface area contributed by atoms with Crippen LogP contribution >= 0.6 is 11.3 Å². The summed E-state index contributed by atoms with van der Waals surface area (Å²) in [5.74, 6) is 0.837. The summed E-state index contributed by atoms with van der Waals surface area (Å²) in [6, 6.07) is 3.84. The first-order valence-corrected chi connectivity index (χ1v) is 7.57. The van der Waals surface area contributed by atoms with E-state index in [1.54, 1.807) is 24.7 Å². The third-order valence-corrected chi connectivity index (χ3v) is 3.98. The van der Waals surface area contributed by atoms with Gasteiger partial charge < -0.3 is 14.5 Å². The Labute approximate surface area is 124 Å². The van der Waals surface area contributed by atoms with Crippen molar-refractivity contribution < 1.29 is 9.15 Å². The average Bonchev–Trinajstić information content (AvgIpc) is 3.02. The third-order valence-electron chi connectivity index (χ3n) is 2.91. The number of nitrogens with zero attached hydrogens (tertiary/aromatic N) is 1. The van der Waals surface area contributed by atoms with E-state index in [0.29, 0.717) is 6.61 Å². The minimum atomic E-state index is 0.0274. The van der Waals surface area contributed by atoms with Crippen LogP contribution in [-0.4, -0.2) is 25.2 Å². The zero-order valence-electron chi connectivity index (χ0n) is 12.5. The van der Waals surface area contributed by atoms with Crippen LogP contribution < -0.4 is 5.32 Å². The van der Waals surface area contributed by atoms with Crippen LogP contribution in [0.4, 0.5) is 0 Å². The van der Waals surface area contributed by atoms with E-state index in [0.717, 1.165) is 29.6 Å². The topological polar surface area (TPSA) is 47.3 Å². The molecule has 0 aliphatic rings. The number of furan rings is 1. The third kappa shape index (κ3) is 3.69. The first-order valence-electron chi connectivity index (χ1n) is 6.76. The van der Waals surface area contributed by atoms with Gasteiger partial charge in [0.15, 0.2) is 10.8 Å². The molecule has 5 heteroatoms. The van der Waals surface area contributed by atoms with E-state index < -0.39 is 0 Å². The van der Waals surface area contributed by atoms with Crippen molar-refractivity contribution in [3.63, 3.8) is 0 Å². The van der Waals surface area contributed by atoms with Crippen LogP contribution in [0, 0.1) is 0 Å². The molecule has 110 valence electrons. The van der Waals surface area contributed by atoms with Crippen LogP contribution in [-0.2, 0) is 16.7 Å². The number of hydrogen-bond donors (Lipinski definition) is 1. The van der Waals surface area contributed by atoms with Gasteiger partial charge >= 0.3 is 0 Å². The number of hydrogen-bond acceptors (Lipinski definition) is 5. The Bertz CT molecular complexity index is 527. The van der Waals surface area contributed by atoms with Crippen LogP contribution in [0.15, 0.2) is 22.8 Å². The molecule has 0 saturated carbocycles. The minimum Gasteiger partial charge on any atom is -0.462 e. The van der Waals surface area contributed by atoms with Crippen LogP contribution in [0.1, 0.15) is 31.3 Å². The van der Waals surface area contributed by atoms with Gasteiger partial charge in [0.05, 0.1) is 18.6 Å². The van der Waals surface area contributed by atoms with Crippen LogP contribution in [0.2, 0.25) is 0 Å². The van der Waals surface area contributed by atoms with Crippen LogP contribution in [0.3, 0.4) is 0 Å². The first-order chi connectivity index (χ1) is 9.52. The summed E-state index contributed by atoms with van der Waals surface area (Å²) >= 11 is 1.69. The minimum absolute atomic E-state index is 0.0274. The quantitative estimate of drug-likeness (QED) is 0.829. The van der Waals surface area contributed by atoms with Crippen molar-refractivity contribution in [2.45, 2.75) is 32.7 Å². The highest BCUT2D eigenvalue weighted by Gasteiger charge is 2.24. The highest BCUT2D eigenvalue weighted by molar-refractivity contribution is 7.15. The van der Waals surface area contributed by atoms with Crippen molar-refractivity contribution in [3.05, 3.63) is 29.0 Å². The van der Waals surface area contributed by atoms with E-state index >= 15 is 0 Å². The Morgan fingerprint density at radius 2 is 2.20 bits per heavy atom. The van der Waals surface area contributed by atoms with Crippen molar-refractivity contribution in [1.82, 2.24) is 10.3 Å². The number of aromatic nitrogens is 1. The summed E-state index contributed by atoms with van der Waals surface area (Å²) in [5, 5.41) is 4.34. The number of methoxy groups -OCH3 is 1. The second kappa shape index (κ2) is 6.52. The smallest absolute Gasteiger partial charge is 0.162 e. The molecule has 0 aliphatic carbocycles. The molecule has 2 heterocycles. The molecule has 2 aromatic heterocycles. The van der Waals surface area contributed by atoms with Gasteiger partial charge in [-0.05, 0) is 12.1 Å². The molecule has 0 atom stereocenters. The SMILES string of the molecule is COCCNCc1sc(-c2ccco2)nc1C(C)(C)C. The van der Waals surface area contributed by atoms with E-state index in [1.165, 1.54) is 4.88 Å². The summed E-state index contributed by atoms with van der Waals surface area (Å²) in [4.78, 5) is 6.04. The summed E-state index contributed by atoms with van der Waals surface area (Å²) in [6.07, 6.45) is 1.68. The second-order valence-electron chi connectivity index (χ2n) is 5.69. The van der Waals surface area contributed by atoms with Gasteiger partial charge in [-0.3, -0.25) is 0 Å². The fraction of sp³-hybridized carbons (Fsp3) is 0.533. The van der Waals surface area contributed by atoms with Crippen LogP contribution in [0.5, 0.6) is 0 Å². The van der Waals surface area contributed by atoms with E-state index in [-0.39, 0.29) is 5.41 Å². The maximum Gasteiger partial charge on any atom is 0.162 e. The maximum atomic E-state index is 5.45. The summed E-state index contributed by atoms with van der Waals surface area (Å²) in [7, 11) is 1.71. The molecule has 4 nitrogen and oxygen atoms in total. The number of nitrogens with one attached hydrogen (secondary N) is 1.